The number of ketones is 1. The zero-order valence-corrected chi connectivity index (χ0v) is 13.2. The van der Waals surface area contributed by atoms with Gasteiger partial charge in [0.15, 0.2) is 0 Å². The maximum atomic E-state index is 12.7. The standard InChI is InChI=1S/C13H20O3SSi/c1-12-5-9-7-17-8-13(9,16-12)11(14)10(6-12)15-18(2,3)4/h6,9H,5,7-8H2,1-4H3/t9-,12-,13+/m0/s1. The van der Waals surface area contributed by atoms with E-state index in [1.54, 1.807) is 0 Å². The second-order valence-electron chi connectivity index (χ2n) is 6.77. The van der Waals surface area contributed by atoms with Crippen LogP contribution < -0.4 is 0 Å². The van der Waals surface area contributed by atoms with Gasteiger partial charge in [-0.25, -0.2) is 0 Å². The molecule has 0 aromatic carbocycles. The van der Waals surface area contributed by atoms with Crippen molar-refractivity contribution in [2.75, 3.05) is 11.5 Å². The van der Waals surface area contributed by atoms with Crippen LogP contribution in [0.4, 0.5) is 0 Å². The van der Waals surface area contributed by atoms with Crippen molar-refractivity contribution >= 4 is 25.9 Å². The second kappa shape index (κ2) is 3.64. The third-order valence-electron chi connectivity index (χ3n) is 3.82. The van der Waals surface area contributed by atoms with Crippen LogP contribution in [0.5, 0.6) is 0 Å². The molecule has 2 fully saturated rings. The summed E-state index contributed by atoms with van der Waals surface area (Å²) in [6.45, 7) is 8.41. The highest BCUT2D eigenvalue weighted by Gasteiger charge is 2.64. The van der Waals surface area contributed by atoms with Gasteiger partial charge in [-0.05, 0) is 44.8 Å². The van der Waals surface area contributed by atoms with Crippen molar-refractivity contribution in [1.82, 2.24) is 0 Å². The van der Waals surface area contributed by atoms with Crippen molar-refractivity contribution in [3.05, 3.63) is 11.8 Å². The molecule has 0 aromatic rings. The lowest BCUT2D eigenvalue weighted by atomic mass is 9.86. The van der Waals surface area contributed by atoms with Crippen molar-refractivity contribution in [2.45, 2.75) is 44.2 Å². The van der Waals surface area contributed by atoms with Crippen LogP contribution in [0.1, 0.15) is 13.3 Å². The lowest BCUT2D eigenvalue weighted by Crippen LogP contribution is -2.50. The molecule has 1 spiro atoms. The van der Waals surface area contributed by atoms with Crippen LogP contribution in [0.2, 0.25) is 19.6 Å². The summed E-state index contributed by atoms with van der Waals surface area (Å²) in [7, 11) is -1.75. The molecule has 0 aromatic heterocycles. The number of thioether (sulfide) groups is 1. The first-order chi connectivity index (χ1) is 8.24. The maximum Gasteiger partial charge on any atom is 0.242 e. The van der Waals surface area contributed by atoms with Gasteiger partial charge in [0.1, 0.15) is 11.4 Å². The zero-order chi connectivity index (χ0) is 13.2. The highest BCUT2D eigenvalue weighted by atomic mass is 32.2. The van der Waals surface area contributed by atoms with Gasteiger partial charge in [-0.3, -0.25) is 4.79 Å². The summed E-state index contributed by atoms with van der Waals surface area (Å²) in [5, 5.41) is 0. The summed E-state index contributed by atoms with van der Waals surface area (Å²) in [6, 6.07) is 0. The van der Waals surface area contributed by atoms with E-state index < -0.39 is 13.9 Å². The molecule has 3 aliphatic heterocycles. The van der Waals surface area contributed by atoms with Gasteiger partial charge in [-0.15, -0.1) is 0 Å². The number of fused-ring (bicyclic) bond motifs is 1. The molecule has 0 unspecified atom stereocenters. The van der Waals surface area contributed by atoms with E-state index in [9.17, 15) is 4.79 Å². The molecule has 2 saturated heterocycles. The van der Waals surface area contributed by atoms with Gasteiger partial charge in [0.25, 0.3) is 0 Å². The van der Waals surface area contributed by atoms with Crippen molar-refractivity contribution < 1.29 is 14.0 Å². The number of Topliss-reactive ketones (excluding diaryl/α,β-unsaturated/α-hetero) is 1. The SMILES string of the molecule is C[C@@]12C=C(O[Si](C)(C)C)C(=O)[C@]3(CSC[C@@H]3C1)O2. The summed E-state index contributed by atoms with van der Waals surface area (Å²) < 4.78 is 12.1. The summed E-state index contributed by atoms with van der Waals surface area (Å²) in [5.74, 6) is 2.86. The monoisotopic (exact) mass is 284 g/mol. The highest BCUT2D eigenvalue weighted by molar-refractivity contribution is 7.99. The van der Waals surface area contributed by atoms with Crippen LogP contribution in [0.3, 0.4) is 0 Å². The van der Waals surface area contributed by atoms with E-state index in [4.69, 9.17) is 9.16 Å². The first-order valence-corrected chi connectivity index (χ1v) is 11.1. The van der Waals surface area contributed by atoms with E-state index >= 15 is 0 Å². The molecule has 2 bridgehead atoms. The molecular weight excluding hydrogens is 264 g/mol. The fourth-order valence-corrected chi connectivity index (χ4v) is 5.56. The zero-order valence-electron chi connectivity index (χ0n) is 11.4. The van der Waals surface area contributed by atoms with Gasteiger partial charge in [0, 0.05) is 11.7 Å². The topological polar surface area (TPSA) is 35.5 Å². The Balaban J connectivity index is 1.99. The molecule has 3 nitrogen and oxygen atoms in total. The fraction of sp³-hybridized carbons (Fsp3) is 0.769. The van der Waals surface area contributed by atoms with E-state index in [1.165, 1.54) is 0 Å². The molecule has 0 N–H and O–H groups in total. The Hall–Kier alpha value is -0.263. The van der Waals surface area contributed by atoms with Crippen molar-refractivity contribution in [1.29, 1.82) is 0 Å². The smallest absolute Gasteiger partial charge is 0.242 e. The van der Waals surface area contributed by atoms with Gasteiger partial charge in [0.2, 0.25) is 14.1 Å². The Morgan fingerprint density at radius 2 is 2.22 bits per heavy atom. The molecule has 5 heteroatoms. The number of hydrogen-bond donors (Lipinski definition) is 0. The third-order valence-corrected chi connectivity index (χ3v) is 5.93. The fourth-order valence-electron chi connectivity index (χ4n) is 3.23. The minimum atomic E-state index is -1.75. The minimum absolute atomic E-state index is 0.0925. The van der Waals surface area contributed by atoms with Gasteiger partial charge in [0.05, 0.1) is 5.60 Å². The summed E-state index contributed by atoms with van der Waals surface area (Å²) in [6.07, 6.45) is 2.88. The molecule has 100 valence electrons. The van der Waals surface area contributed by atoms with Gasteiger partial charge in [-0.2, -0.15) is 11.8 Å². The predicted molar refractivity (Wildman–Crippen MR) is 75.2 cm³/mol. The van der Waals surface area contributed by atoms with E-state index in [-0.39, 0.29) is 11.4 Å². The van der Waals surface area contributed by atoms with Crippen molar-refractivity contribution in [3.63, 3.8) is 0 Å². The van der Waals surface area contributed by atoms with Crippen LogP contribution >= 0.6 is 11.8 Å². The molecule has 3 aliphatic rings. The Labute approximate surface area is 113 Å². The molecular formula is C13H20O3SSi. The second-order valence-corrected chi connectivity index (χ2v) is 12.2. The molecule has 0 radical (unpaired) electrons. The average molecular weight is 284 g/mol. The number of ether oxygens (including phenoxy) is 1. The molecule has 3 atom stereocenters. The Morgan fingerprint density at radius 1 is 1.50 bits per heavy atom. The first kappa shape index (κ1) is 12.8. The molecule has 0 aliphatic carbocycles. The van der Waals surface area contributed by atoms with E-state index in [0.717, 1.165) is 17.9 Å². The predicted octanol–water partition coefficient (Wildman–Crippen LogP) is 2.59. The third kappa shape index (κ3) is 1.79. The normalized spacial score (nSPS) is 42.8. The van der Waals surface area contributed by atoms with Gasteiger partial charge >= 0.3 is 0 Å². The Morgan fingerprint density at radius 3 is 2.89 bits per heavy atom. The summed E-state index contributed by atoms with van der Waals surface area (Å²) >= 11 is 1.83. The Kier molecular flexibility index (Phi) is 2.58. The number of rotatable bonds is 2. The van der Waals surface area contributed by atoms with E-state index in [2.05, 4.69) is 26.6 Å². The van der Waals surface area contributed by atoms with Crippen LogP contribution in [-0.2, 0) is 14.0 Å². The number of hydrogen-bond acceptors (Lipinski definition) is 4. The average Bonchev–Trinajstić information content (AvgIpc) is 2.64. The molecule has 18 heavy (non-hydrogen) atoms. The van der Waals surface area contributed by atoms with Crippen LogP contribution in [0, 0.1) is 5.92 Å². The molecule has 3 heterocycles. The summed E-state index contributed by atoms with van der Waals surface area (Å²) in [5.41, 5.74) is -0.877. The maximum absolute atomic E-state index is 12.7. The number of carbonyl (C=O) groups is 1. The molecule has 0 amide bonds. The molecule has 0 saturated carbocycles. The molecule has 3 rings (SSSR count). The number of carbonyl (C=O) groups excluding carboxylic acids is 1. The quantitative estimate of drug-likeness (QED) is 0.730. The van der Waals surface area contributed by atoms with Crippen molar-refractivity contribution in [2.24, 2.45) is 5.92 Å². The largest absolute Gasteiger partial charge is 0.542 e. The van der Waals surface area contributed by atoms with E-state index in [1.807, 2.05) is 17.8 Å². The van der Waals surface area contributed by atoms with E-state index in [0.29, 0.717) is 11.7 Å². The Bertz CT molecular complexity index is 442. The highest BCUT2D eigenvalue weighted by Crippen LogP contribution is 2.54. The minimum Gasteiger partial charge on any atom is -0.542 e. The summed E-state index contributed by atoms with van der Waals surface area (Å²) in [4.78, 5) is 12.7. The van der Waals surface area contributed by atoms with Gasteiger partial charge < -0.3 is 9.16 Å². The lowest BCUT2D eigenvalue weighted by molar-refractivity contribution is -0.148. The lowest BCUT2D eigenvalue weighted by Gasteiger charge is -2.36. The van der Waals surface area contributed by atoms with Crippen molar-refractivity contribution in [3.8, 4) is 0 Å². The van der Waals surface area contributed by atoms with Crippen LogP contribution in [-0.4, -0.2) is 36.8 Å². The first-order valence-electron chi connectivity index (χ1n) is 6.49. The van der Waals surface area contributed by atoms with Crippen LogP contribution in [0.25, 0.3) is 0 Å². The van der Waals surface area contributed by atoms with Gasteiger partial charge in [-0.1, -0.05) is 0 Å². The van der Waals surface area contributed by atoms with Crippen LogP contribution in [0.15, 0.2) is 11.8 Å².